The van der Waals surface area contributed by atoms with Crippen molar-refractivity contribution in [2.45, 2.75) is 51.5 Å². The summed E-state index contributed by atoms with van der Waals surface area (Å²) >= 11 is 0. The van der Waals surface area contributed by atoms with Crippen LogP contribution in [0.5, 0.6) is 0 Å². The third-order valence-electron chi connectivity index (χ3n) is 4.36. The predicted molar refractivity (Wildman–Crippen MR) is 69.2 cm³/mol. The SMILES string of the molecule is CC1CCCn2c1cnc2CC1CCCNC1. The van der Waals surface area contributed by atoms with E-state index in [1.54, 1.807) is 0 Å². The minimum Gasteiger partial charge on any atom is -0.332 e. The molecule has 2 aliphatic rings. The lowest BCUT2D eigenvalue weighted by Gasteiger charge is -2.25. The molecule has 2 unspecified atom stereocenters. The quantitative estimate of drug-likeness (QED) is 0.849. The lowest BCUT2D eigenvalue weighted by atomic mass is 9.95. The monoisotopic (exact) mass is 233 g/mol. The summed E-state index contributed by atoms with van der Waals surface area (Å²) < 4.78 is 2.49. The molecule has 3 nitrogen and oxygen atoms in total. The van der Waals surface area contributed by atoms with Gasteiger partial charge in [0.05, 0.1) is 0 Å². The molecule has 0 saturated carbocycles. The van der Waals surface area contributed by atoms with E-state index < -0.39 is 0 Å². The van der Waals surface area contributed by atoms with Crippen molar-refractivity contribution in [2.75, 3.05) is 13.1 Å². The Balaban J connectivity index is 1.74. The van der Waals surface area contributed by atoms with Gasteiger partial charge in [0.15, 0.2) is 0 Å². The zero-order valence-electron chi connectivity index (χ0n) is 10.8. The van der Waals surface area contributed by atoms with E-state index in [-0.39, 0.29) is 0 Å². The van der Waals surface area contributed by atoms with Crippen LogP contribution in [0.1, 0.15) is 50.0 Å². The number of hydrogen-bond donors (Lipinski definition) is 1. The number of imidazole rings is 1. The normalized spacial score (nSPS) is 29.0. The summed E-state index contributed by atoms with van der Waals surface area (Å²) in [5, 5.41) is 3.50. The number of rotatable bonds is 2. The zero-order chi connectivity index (χ0) is 11.7. The predicted octanol–water partition coefficient (Wildman–Crippen LogP) is 2.32. The summed E-state index contributed by atoms with van der Waals surface area (Å²) in [5.74, 6) is 2.84. The van der Waals surface area contributed by atoms with Gasteiger partial charge in [-0.2, -0.15) is 0 Å². The van der Waals surface area contributed by atoms with Crippen LogP contribution in [0.25, 0.3) is 0 Å². The highest BCUT2D eigenvalue weighted by Crippen LogP contribution is 2.28. The van der Waals surface area contributed by atoms with Crippen molar-refractivity contribution in [1.29, 1.82) is 0 Å². The van der Waals surface area contributed by atoms with Gasteiger partial charge >= 0.3 is 0 Å². The first-order valence-corrected chi connectivity index (χ1v) is 7.09. The molecule has 0 aromatic carbocycles. The number of hydrogen-bond acceptors (Lipinski definition) is 2. The molecule has 1 saturated heterocycles. The molecule has 2 aliphatic heterocycles. The van der Waals surface area contributed by atoms with Gasteiger partial charge in [-0.1, -0.05) is 6.92 Å². The van der Waals surface area contributed by atoms with Crippen LogP contribution in [0.15, 0.2) is 6.20 Å². The van der Waals surface area contributed by atoms with Crippen molar-refractivity contribution >= 4 is 0 Å². The third kappa shape index (κ3) is 2.25. The molecule has 1 aromatic heterocycles. The smallest absolute Gasteiger partial charge is 0.109 e. The lowest BCUT2D eigenvalue weighted by molar-refractivity contribution is 0.360. The fourth-order valence-corrected chi connectivity index (χ4v) is 3.30. The van der Waals surface area contributed by atoms with Crippen LogP contribution in [0.2, 0.25) is 0 Å². The van der Waals surface area contributed by atoms with Gasteiger partial charge in [-0.3, -0.25) is 0 Å². The van der Waals surface area contributed by atoms with Crippen molar-refractivity contribution in [3.8, 4) is 0 Å². The van der Waals surface area contributed by atoms with Gasteiger partial charge in [0.2, 0.25) is 0 Å². The van der Waals surface area contributed by atoms with Gasteiger partial charge in [0.25, 0.3) is 0 Å². The maximum absolute atomic E-state index is 4.68. The van der Waals surface area contributed by atoms with Crippen LogP contribution >= 0.6 is 0 Å². The van der Waals surface area contributed by atoms with Gasteiger partial charge in [0, 0.05) is 24.9 Å². The summed E-state index contributed by atoms with van der Waals surface area (Å²) in [5.41, 5.74) is 1.47. The molecule has 0 amide bonds. The molecule has 1 N–H and O–H groups in total. The summed E-state index contributed by atoms with van der Waals surface area (Å²) in [6, 6.07) is 0. The third-order valence-corrected chi connectivity index (χ3v) is 4.36. The second kappa shape index (κ2) is 4.81. The number of piperidine rings is 1. The molecular weight excluding hydrogens is 210 g/mol. The molecule has 3 heteroatoms. The maximum Gasteiger partial charge on any atom is 0.109 e. The van der Waals surface area contributed by atoms with E-state index in [2.05, 4.69) is 28.0 Å². The molecule has 0 spiro atoms. The van der Waals surface area contributed by atoms with Gasteiger partial charge < -0.3 is 9.88 Å². The first kappa shape index (κ1) is 11.3. The van der Waals surface area contributed by atoms with E-state index in [1.165, 1.54) is 63.3 Å². The topological polar surface area (TPSA) is 29.9 Å². The average molecular weight is 233 g/mol. The summed E-state index contributed by atoms with van der Waals surface area (Å²) in [4.78, 5) is 4.68. The highest BCUT2D eigenvalue weighted by atomic mass is 15.1. The maximum atomic E-state index is 4.68. The van der Waals surface area contributed by atoms with Gasteiger partial charge in [-0.15, -0.1) is 0 Å². The summed E-state index contributed by atoms with van der Waals surface area (Å²) in [6.45, 7) is 5.90. The Labute approximate surface area is 104 Å². The van der Waals surface area contributed by atoms with Crippen LogP contribution in [0.4, 0.5) is 0 Å². The first-order valence-electron chi connectivity index (χ1n) is 7.09. The molecule has 0 radical (unpaired) electrons. The van der Waals surface area contributed by atoms with Crippen LogP contribution in [-0.2, 0) is 13.0 Å². The van der Waals surface area contributed by atoms with Crippen molar-refractivity contribution in [2.24, 2.45) is 5.92 Å². The summed E-state index contributed by atoms with van der Waals surface area (Å²) in [6.07, 6.45) is 8.63. The summed E-state index contributed by atoms with van der Waals surface area (Å²) in [7, 11) is 0. The Morgan fingerprint density at radius 2 is 2.35 bits per heavy atom. The number of nitrogens with one attached hydrogen (secondary N) is 1. The Morgan fingerprint density at radius 1 is 1.41 bits per heavy atom. The standard InChI is InChI=1S/C14H23N3/c1-11-4-3-7-17-13(11)10-16-14(17)8-12-5-2-6-15-9-12/h10-12,15H,2-9H2,1H3. The first-order chi connectivity index (χ1) is 8.34. The Hall–Kier alpha value is -0.830. The van der Waals surface area contributed by atoms with Crippen LogP contribution < -0.4 is 5.32 Å². The van der Waals surface area contributed by atoms with E-state index >= 15 is 0 Å². The van der Waals surface area contributed by atoms with E-state index in [9.17, 15) is 0 Å². The van der Waals surface area contributed by atoms with Crippen LogP contribution in [0.3, 0.4) is 0 Å². The van der Waals surface area contributed by atoms with Crippen LogP contribution in [0, 0.1) is 5.92 Å². The second-order valence-electron chi connectivity index (χ2n) is 5.71. The average Bonchev–Trinajstić information content (AvgIpc) is 2.76. The molecule has 1 aromatic rings. The van der Waals surface area contributed by atoms with E-state index in [1.807, 2.05) is 0 Å². The van der Waals surface area contributed by atoms with E-state index in [0.717, 1.165) is 5.92 Å². The number of nitrogens with zero attached hydrogens (tertiary/aromatic N) is 2. The van der Waals surface area contributed by atoms with Crippen molar-refractivity contribution in [3.05, 3.63) is 17.7 Å². The van der Waals surface area contributed by atoms with Crippen molar-refractivity contribution in [1.82, 2.24) is 14.9 Å². The van der Waals surface area contributed by atoms with E-state index in [4.69, 9.17) is 0 Å². The highest BCUT2D eigenvalue weighted by Gasteiger charge is 2.22. The Kier molecular flexibility index (Phi) is 3.19. The molecule has 3 heterocycles. The molecule has 2 atom stereocenters. The zero-order valence-corrected chi connectivity index (χ0v) is 10.8. The molecular formula is C14H23N3. The van der Waals surface area contributed by atoms with E-state index in [0.29, 0.717) is 5.92 Å². The molecule has 3 rings (SSSR count). The molecule has 0 aliphatic carbocycles. The number of fused-ring (bicyclic) bond motifs is 1. The Bertz CT molecular complexity index is 377. The molecule has 17 heavy (non-hydrogen) atoms. The van der Waals surface area contributed by atoms with Crippen LogP contribution in [-0.4, -0.2) is 22.6 Å². The number of aromatic nitrogens is 2. The van der Waals surface area contributed by atoms with Crippen molar-refractivity contribution < 1.29 is 0 Å². The lowest BCUT2D eigenvalue weighted by Crippen LogP contribution is -2.31. The molecule has 0 bridgehead atoms. The minimum absolute atomic E-state index is 0.703. The van der Waals surface area contributed by atoms with Gasteiger partial charge in [-0.05, 0) is 50.6 Å². The minimum atomic E-state index is 0.703. The van der Waals surface area contributed by atoms with Gasteiger partial charge in [-0.25, -0.2) is 4.98 Å². The second-order valence-corrected chi connectivity index (χ2v) is 5.71. The highest BCUT2D eigenvalue weighted by molar-refractivity contribution is 5.13. The van der Waals surface area contributed by atoms with Gasteiger partial charge in [0.1, 0.15) is 5.82 Å². The Morgan fingerprint density at radius 3 is 3.18 bits per heavy atom. The fraction of sp³-hybridized carbons (Fsp3) is 0.786. The fourth-order valence-electron chi connectivity index (χ4n) is 3.30. The van der Waals surface area contributed by atoms with Crippen molar-refractivity contribution in [3.63, 3.8) is 0 Å². The molecule has 94 valence electrons. The molecule has 1 fully saturated rings. The largest absolute Gasteiger partial charge is 0.332 e.